The Kier molecular flexibility index (Phi) is 5.19. The molecule has 18 heavy (non-hydrogen) atoms. The van der Waals surface area contributed by atoms with Gasteiger partial charge >= 0.3 is 17.9 Å². The Hall–Kier alpha value is -0.400. The minimum Gasteiger partial charge on any atom is -0.479 e. The molecule has 10 heteroatoms. The molecule has 2 atom stereocenters. The van der Waals surface area contributed by atoms with Gasteiger partial charge < -0.3 is 9.84 Å². The summed E-state index contributed by atoms with van der Waals surface area (Å²) in [4.78, 5) is 21.6. The van der Waals surface area contributed by atoms with Gasteiger partial charge in [0.05, 0.1) is 0 Å². The molecule has 0 saturated heterocycles. The molecule has 0 aromatic carbocycles. The third-order valence-electron chi connectivity index (χ3n) is 1.89. The zero-order valence-electron chi connectivity index (χ0n) is 9.02. The summed E-state index contributed by atoms with van der Waals surface area (Å²) >= 11 is 15.9. The molecule has 0 amide bonds. The lowest BCUT2D eigenvalue weighted by molar-refractivity contribution is -0.189. The summed E-state index contributed by atoms with van der Waals surface area (Å²) in [5, 5.41) is 5.89. The normalized spacial score (nSPS) is 17.8. The van der Waals surface area contributed by atoms with E-state index < -0.39 is 33.4 Å². The van der Waals surface area contributed by atoms with Crippen molar-refractivity contribution in [2.45, 2.75) is 35.3 Å². The number of halogens is 6. The van der Waals surface area contributed by atoms with Crippen LogP contribution in [0.5, 0.6) is 0 Å². The Balaban J connectivity index is 5.12. The van der Waals surface area contributed by atoms with Gasteiger partial charge in [-0.1, -0.05) is 34.8 Å². The number of rotatable bonds is 5. The van der Waals surface area contributed by atoms with Crippen molar-refractivity contribution >= 4 is 46.7 Å². The molecule has 0 radical (unpaired) electrons. The molecule has 1 N–H and O–H groups in total. The molecule has 0 spiro atoms. The molecular weight excluding hydrogens is 323 g/mol. The van der Waals surface area contributed by atoms with Gasteiger partial charge in [-0.3, -0.25) is 0 Å². The smallest absolute Gasteiger partial charge is 0.382 e. The Morgan fingerprint density at radius 3 is 1.94 bits per heavy atom. The van der Waals surface area contributed by atoms with E-state index in [-0.39, 0.29) is 0 Å². The second-order valence-electron chi connectivity index (χ2n) is 3.42. The lowest BCUT2D eigenvalue weighted by Crippen LogP contribution is -2.52. The Bertz CT molecular complexity index is 357. The van der Waals surface area contributed by atoms with Crippen LogP contribution >= 0.6 is 34.8 Å². The van der Waals surface area contributed by atoms with E-state index in [1.54, 1.807) is 0 Å². The molecule has 0 aliphatic carbocycles. The number of esters is 1. The van der Waals surface area contributed by atoms with Gasteiger partial charge in [-0.2, -0.15) is 8.78 Å². The van der Waals surface area contributed by atoms with Crippen molar-refractivity contribution in [1.29, 1.82) is 0 Å². The van der Waals surface area contributed by atoms with E-state index in [9.17, 15) is 22.8 Å². The second kappa shape index (κ2) is 5.30. The highest BCUT2D eigenvalue weighted by Crippen LogP contribution is 2.41. The third kappa shape index (κ3) is 3.33. The molecule has 0 aromatic heterocycles. The van der Waals surface area contributed by atoms with Crippen molar-refractivity contribution < 1.29 is 32.6 Å². The molecule has 0 rings (SSSR count). The number of carboxylic acid groups (broad SMARTS) is 1. The fraction of sp³-hybridized carbons (Fsp3) is 0.750. The van der Waals surface area contributed by atoms with Crippen molar-refractivity contribution in [1.82, 2.24) is 0 Å². The summed E-state index contributed by atoms with van der Waals surface area (Å²) < 4.78 is 39.4. The molecule has 0 aromatic rings. The van der Waals surface area contributed by atoms with Crippen LogP contribution in [0.25, 0.3) is 0 Å². The van der Waals surface area contributed by atoms with Gasteiger partial charge in [-0.15, -0.1) is 0 Å². The highest BCUT2D eigenvalue weighted by Gasteiger charge is 2.58. The Morgan fingerprint density at radius 1 is 1.28 bits per heavy atom. The number of ether oxygens (including phenoxy) is 1. The van der Waals surface area contributed by atoms with E-state index in [4.69, 9.17) is 39.9 Å². The van der Waals surface area contributed by atoms with Crippen LogP contribution in [-0.2, 0) is 14.3 Å². The van der Waals surface area contributed by atoms with Crippen LogP contribution < -0.4 is 0 Å². The lowest BCUT2D eigenvalue weighted by Gasteiger charge is -2.32. The lowest BCUT2D eigenvalue weighted by atomic mass is 10.2. The van der Waals surface area contributed by atoms with E-state index >= 15 is 0 Å². The minimum absolute atomic E-state index is 0.415. The molecule has 0 aliphatic rings. The summed E-state index contributed by atoms with van der Waals surface area (Å²) in [5.74, 6) is -8.80. The molecule has 0 bridgehead atoms. The number of carbonyl (C=O) groups is 2. The fourth-order valence-electron chi connectivity index (χ4n) is 0.660. The average molecular weight is 332 g/mol. The average Bonchev–Trinajstić information content (AvgIpc) is 2.15. The molecule has 106 valence electrons. The van der Waals surface area contributed by atoms with Crippen molar-refractivity contribution in [3.8, 4) is 0 Å². The van der Waals surface area contributed by atoms with E-state index in [2.05, 4.69) is 4.74 Å². The van der Waals surface area contributed by atoms with Crippen molar-refractivity contribution in [3.05, 3.63) is 0 Å². The predicted octanol–water partition coefficient (Wildman–Crippen LogP) is 2.74. The standard InChI is InChI=1S/C8H8Cl3F3O4/c1-3(12)7(13,14)5(17)18-6(2,9)8(10,11)4(15)16/h3H,1-2H3,(H,15,16). The largest absolute Gasteiger partial charge is 0.479 e. The van der Waals surface area contributed by atoms with Gasteiger partial charge in [0.1, 0.15) is 0 Å². The maximum Gasteiger partial charge on any atom is 0.382 e. The molecule has 0 heterocycles. The SMILES string of the molecule is CC(F)C(F)(F)C(=O)OC(C)(Cl)C(Cl)(Cl)C(=O)O. The Morgan fingerprint density at radius 2 is 1.67 bits per heavy atom. The molecule has 0 aliphatic heterocycles. The summed E-state index contributed by atoms with van der Waals surface area (Å²) in [6, 6.07) is 0. The number of carboxylic acids is 1. The molecule has 0 fully saturated rings. The topological polar surface area (TPSA) is 63.6 Å². The zero-order valence-corrected chi connectivity index (χ0v) is 11.3. The summed E-state index contributed by atoms with van der Waals surface area (Å²) in [5.41, 5.74) is 0. The van der Waals surface area contributed by atoms with E-state index in [0.29, 0.717) is 13.8 Å². The van der Waals surface area contributed by atoms with Crippen LogP contribution in [0, 0.1) is 0 Å². The van der Waals surface area contributed by atoms with Gasteiger partial charge in [0.25, 0.3) is 4.33 Å². The summed E-state index contributed by atoms with van der Waals surface area (Å²) in [6.45, 7) is 1.10. The van der Waals surface area contributed by atoms with Gasteiger partial charge in [0.2, 0.25) is 5.06 Å². The summed E-state index contributed by atoms with van der Waals surface area (Å²) in [6.07, 6.45) is -2.86. The van der Waals surface area contributed by atoms with Crippen LogP contribution in [0.2, 0.25) is 0 Å². The zero-order chi connectivity index (χ0) is 14.9. The minimum atomic E-state index is -4.50. The number of aliphatic carboxylic acids is 1. The number of hydrogen-bond acceptors (Lipinski definition) is 3. The van der Waals surface area contributed by atoms with Crippen LogP contribution in [0.1, 0.15) is 13.8 Å². The molecular formula is C8H8Cl3F3O4. The van der Waals surface area contributed by atoms with Crippen LogP contribution in [0.3, 0.4) is 0 Å². The van der Waals surface area contributed by atoms with E-state index in [1.807, 2.05) is 0 Å². The van der Waals surface area contributed by atoms with Gasteiger partial charge in [0, 0.05) is 0 Å². The highest BCUT2D eigenvalue weighted by atomic mass is 35.5. The second-order valence-corrected chi connectivity index (χ2v) is 5.47. The van der Waals surface area contributed by atoms with Gasteiger partial charge in [0.15, 0.2) is 6.17 Å². The van der Waals surface area contributed by atoms with Crippen LogP contribution in [0.4, 0.5) is 13.2 Å². The fourth-order valence-corrected chi connectivity index (χ4v) is 0.888. The van der Waals surface area contributed by atoms with Crippen molar-refractivity contribution in [2.75, 3.05) is 0 Å². The van der Waals surface area contributed by atoms with Crippen molar-refractivity contribution in [2.24, 2.45) is 0 Å². The van der Waals surface area contributed by atoms with Crippen molar-refractivity contribution in [3.63, 3.8) is 0 Å². The monoisotopic (exact) mass is 330 g/mol. The van der Waals surface area contributed by atoms with E-state index in [0.717, 1.165) is 0 Å². The first-order valence-corrected chi connectivity index (χ1v) is 5.45. The molecule has 4 nitrogen and oxygen atoms in total. The van der Waals surface area contributed by atoms with E-state index in [1.165, 1.54) is 0 Å². The van der Waals surface area contributed by atoms with Gasteiger partial charge in [-0.25, -0.2) is 14.0 Å². The van der Waals surface area contributed by atoms with Gasteiger partial charge in [-0.05, 0) is 13.8 Å². The number of alkyl halides is 6. The molecule has 2 unspecified atom stereocenters. The first-order chi connectivity index (χ1) is 7.76. The van der Waals surface area contributed by atoms with Crippen LogP contribution in [0.15, 0.2) is 0 Å². The number of carbonyl (C=O) groups excluding carboxylic acids is 1. The predicted molar refractivity (Wildman–Crippen MR) is 57.9 cm³/mol. The number of hydrogen-bond donors (Lipinski definition) is 1. The van der Waals surface area contributed by atoms with Crippen LogP contribution in [-0.4, -0.2) is 38.5 Å². The maximum absolute atomic E-state index is 12.9. The third-order valence-corrected chi connectivity index (χ3v) is 3.48. The molecule has 0 saturated carbocycles. The maximum atomic E-state index is 12.9. The first kappa shape index (κ1) is 17.6. The Labute approximate surface area is 115 Å². The first-order valence-electron chi connectivity index (χ1n) is 4.32. The highest BCUT2D eigenvalue weighted by molar-refractivity contribution is 6.61. The summed E-state index contributed by atoms with van der Waals surface area (Å²) in [7, 11) is 0. The quantitative estimate of drug-likeness (QED) is 0.621.